The van der Waals surface area contributed by atoms with Gasteiger partial charge < -0.3 is 0 Å². The first-order valence-corrected chi connectivity index (χ1v) is 18.8. The van der Waals surface area contributed by atoms with E-state index in [9.17, 15) is 0 Å². The molecule has 0 fully saturated rings. The second-order valence-electron chi connectivity index (χ2n) is 13.5. The van der Waals surface area contributed by atoms with E-state index in [1.807, 2.05) is 54.8 Å². The van der Waals surface area contributed by atoms with Gasteiger partial charge >= 0.3 is 0 Å². The highest BCUT2D eigenvalue weighted by atomic mass is 14.7. The van der Waals surface area contributed by atoms with Crippen molar-refractivity contribution in [1.29, 1.82) is 0 Å². The molecule has 56 heavy (non-hydrogen) atoms. The first-order chi connectivity index (χ1) is 27.7. The Hall–Kier alpha value is -7.42. The number of hydrogen-bond donors (Lipinski definition) is 0. The van der Waals surface area contributed by atoms with Gasteiger partial charge in [0, 0.05) is 18.0 Å². The van der Waals surface area contributed by atoms with Crippen molar-refractivity contribution in [3.05, 3.63) is 243 Å². The Balaban J connectivity index is 1.35. The fraction of sp³-hybridized carbons (Fsp3) is 0. The molecule has 0 radical (unpaired) electrons. The third kappa shape index (κ3) is 8.36. The summed E-state index contributed by atoms with van der Waals surface area (Å²) in [6, 6.07) is 68.4. The Morgan fingerprint density at radius 1 is 0.393 bits per heavy atom. The molecule has 0 saturated carbocycles. The van der Waals surface area contributed by atoms with Gasteiger partial charge in [0.15, 0.2) is 0 Å². The van der Waals surface area contributed by atoms with Crippen LogP contribution in [0.5, 0.6) is 0 Å². The monoisotopic (exact) mass is 716 g/mol. The molecule has 2 aromatic heterocycles. The van der Waals surface area contributed by atoms with Gasteiger partial charge in [-0.3, -0.25) is 9.97 Å². The molecule has 0 saturated heterocycles. The molecule has 266 valence electrons. The molecule has 0 aliphatic carbocycles. The Morgan fingerprint density at radius 3 is 1.64 bits per heavy atom. The van der Waals surface area contributed by atoms with Crippen molar-refractivity contribution < 1.29 is 0 Å². The normalized spacial score (nSPS) is 11.1. The minimum Gasteiger partial charge on any atom is -0.257 e. The lowest BCUT2D eigenvalue weighted by Crippen LogP contribution is -1.89. The van der Waals surface area contributed by atoms with Crippen LogP contribution >= 0.6 is 0 Å². The average molecular weight is 717 g/mol. The van der Waals surface area contributed by atoms with Crippen LogP contribution in [-0.2, 0) is 0 Å². The molecule has 0 unspecified atom stereocenters. The summed E-state index contributed by atoms with van der Waals surface area (Å²) in [5.41, 5.74) is 14.0. The predicted octanol–water partition coefficient (Wildman–Crippen LogP) is 14.4. The molecule has 2 heteroatoms. The summed E-state index contributed by atoms with van der Waals surface area (Å²) in [6.45, 7) is 4.59. The molecule has 6 aromatic carbocycles. The van der Waals surface area contributed by atoms with E-state index >= 15 is 0 Å². The Labute approximate surface area is 329 Å². The number of allylic oxidation sites excluding steroid dienone is 4. The minimum atomic E-state index is 0.901. The van der Waals surface area contributed by atoms with Gasteiger partial charge in [-0.1, -0.05) is 164 Å². The number of benzene rings is 5. The first kappa shape index (κ1) is 35.6. The zero-order valence-corrected chi connectivity index (χ0v) is 31.0. The van der Waals surface area contributed by atoms with Crippen LogP contribution in [0.15, 0.2) is 231 Å². The van der Waals surface area contributed by atoms with Gasteiger partial charge in [0.25, 0.3) is 0 Å². The highest BCUT2D eigenvalue weighted by Crippen LogP contribution is 2.38. The molecule has 0 bridgehead atoms. The van der Waals surface area contributed by atoms with E-state index in [4.69, 9.17) is 0 Å². The van der Waals surface area contributed by atoms with Crippen molar-refractivity contribution in [1.82, 2.24) is 9.97 Å². The van der Waals surface area contributed by atoms with Crippen LogP contribution in [0.1, 0.15) is 11.3 Å². The van der Waals surface area contributed by atoms with E-state index in [0.717, 1.165) is 61.1 Å². The second-order valence-corrected chi connectivity index (χ2v) is 13.5. The summed E-state index contributed by atoms with van der Waals surface area (Å²) in [4.78, 5) is 9.09. The molecular weight excluding hydrogens is 677 g/mol. The molecule has 0 aliphatic rings. The van der Waals surface area contributed by atoms with Gasteiger partial charge in [0.05, 0.1) is 11.4 Å². The number of aromatic nitrogens is 2. The van der Waals surface area contributed by atoms with Crippen molar-refractivity contribution in [2.75, 3.05) is 0 Å². The SMILES string of the molecule is C=C(C=CC=Cc1ccccn1)c1ccccccc(-c2cccc(-c3ccccn3)c2)c2cc(-c3cc(-c4ccccc4)cc(-c4ccccc4)c3)ccc12. The largest absolute Gasteiger partial charge is 0.257 e. The van der Waals surface area contributed by atoms with Crippen LogP contribution in [-0.4, -0.2) is 9.97 Å². The molecular formula is C54H40N2. The molecule has 2 heterocycles. The lowest BCUT2D eigenvalue weighted by Gasteiger charge is -2.14. The van der Waals surface area contributed by atoms with E-state index < -0.39 is 0 Å². The lowest BCUT2D eigenvalue weighted by molar-refractivity contribution is 1.30. The number of hydrogen-bond acceptors (Lipinski definition) is 2. The van der Waals surface area contributed by atoms with Crippen molar-refractivity contribution in [3.63, 3.8) is 0 Å². The summed E-state index contributed by atoms with van der Waals surface area (Å²) in [5.74, 6) is 0. The number of fused-ring (bicyclic) bond motifs is 1. The molecule has 0 amide bonds. The van der Waals surface area contributed by atoms with Crippen molar-refractivity contribution in [2.45, 2.75) is 0 Å². The van der Waals surface area contributed by atoms with Gasteiger partial charge in [0.1, 0.15) is 0 Å². The minimum absolute atomic E-state index is 0.901. The maximum Gasteiger partial charge on any atom is 0.0702 e. The number of pyridine rings is 2. The topological polar surface area (TPSA) is 25.8 Å². The third-order valence-corrected chi connectivity index (χ3v) is 9.78. The summed E-state index contributed by atoms with van der Waals surface area (Å²) in [6.07, 6.45) is 11.8. The van der Waals surface area contributed by atoms with Crippen molar-refractivity contribution >= 4 is 22.4 Å². The smallest absolute Gasteiger partial charge is 0.0702 e. The first-order valence-electron chi connectivity index (χ1n) is 18.8. The fourth-order valence-electron chi connectivity index (χ4n) is 6.98. The van der Waals surface area contributed by atoms with Crippen LogP contribution < -0.4 is 0 Å². The lowest BCUT2D eigenvalue weighted by atomic mass is 9.90. The fourth-order valence-corrected chi connectivity index (χ4v) is 6.98. The van der Waals surface area contributed by atoms with E-state index in [1.54, 1.807) is 6.20 Å². The quantitative estimate of drug-likeness (QED) is 0.139. The third-order valence-electron chi connectivity index (χ3n) is 9.78. The average Bonchev–Trinajstić information content (AvgIpc) is 3.27. The van der Waals surface area contributed by atoms with Crippen LogP contribution in [0.4, 0.5) is 0 Å². The Kier molecular flexibility index (Phi) is 10.9. The zero-order chi connectivity index (χ0) is 37.9. The van der Waals surface area contributed by atoms with E-state index in [1.165, 1.54) is 22.3 Å². The summed E-state index contributed by atoms with van der Waals surface area (Å²) < 4.78 is 0. The highest BCUT2D eigenvalue weighted by Gasteiger charge is 2.12. The molecule has 0 N–H and O–H groups in total. The van der Waals surface area contributed by atoms with E-state index in [2.05, 4.69) is 186 Å². The number of nitrogens with zero attached hydrogens (tertiary/aromatic N) is 2. The maximum atomic E-state index is 4.67. The summed E-state index contributed by atoms with van der Waals surface area (Å²) >= 11 is 0. The van der Waals surface area contributed by atoms with Gasteiger partial charge in [-0.05, 0) is 127 Å². The standard InChI is InChI=1S/C54H40N2/c1-40(19-12-13-26-49-27-14-16-33-55-49)50-28-10-2-3-11-29-51(44-24-18-25-45(35-44)54-30-15-17-34-56-54)53-39-43(31-32-52(50)53)48-37-46(41-20-6-4-7-21-41)36-47(38-48)42-22-8-5-9-23-42/h2-39H,1H2. The summed E-state index contributed by atoms with van der Waals surface area (Å²) in [5, 5.41) is 2.20. The molecule has 8 aromatic rings. The number of rotatable bonds is 9. The molecule has 2 nitrogen and oxygen atoms in total. The highest BCUT2D eigenvalue weighted by molar-refractivity contribution is 6.04. The Bertz CT molecular complexity index is 2670. The summed E-state index contributed by atoms with van der Waals surface area (Å²) in [7, 11) is 0. The maximum absolute atomic E-state index is 4.67. The van der Waals surface area contributed by atoms with E-state index in [0.29, 0.717) is 0 Å². The van der Waals surface area contributed by atoms with Gasteiger partial charge in [-0.15, -0.1) is 0 Å². The molecule has 8 rings (SSSR count). The van der Waals surface area contributed by atoms with E-state index in [-0.39, 0.29) is 0 Å². The Morgan fingerprint density at radius 2 is 0.964 bits per heavy atom. The molecule has 0 spiro atoms. The second kappa shape index (κ2) is 17.2. The van der Waals surface area contributed by atoms with Crippen LogP contribution in [0, 0.1) is 0 Å². The predicted molar refractivity (Wildman–Crippen MR) is 238 cm³/mol. The van der Waals surface area contributed by atoms with Gasteiger partial charge in [-0.25, -0.2) is 0 Å². The van der Waals surface area contributed by atoms with Gasteiger partial charge in [0.2, 0.25) is 0 Å². The van der Waals surface area contributed by atoms with Crippen molar-refractivity contribution in [3.8, 4) is 55.8 Å². The van der Waals surface area contributed by atoms with Crippen LogP contribution in [0.25, 0.3) is 78.2 Å². The van der Waals surface area contributed by atoms with Gasteiger partial charge in [-0.2, -0.15) is 0 Å². The zero-order valence-electron chi connectivity index (χ0n) is 31.0. The van der Waals surface area contributed by atoms with Crippen LogP contribution in [0.3, 0.4) is 0 Å². The van der Waals surface area contributed by atoms with Crippen LogP contribution in [0.2, 0.25) is 0 Å². The molecule has 0 atom stereocenters. The van der Waals surface area contributed by atoms with Crippen molar-refractivity contribution in [2.24, 2.45) is 0 Å². The molecule has 0 aliphatic heterocycles.